The Balaban J connectivity index is 1.06. The maximum absolute atomic E-state index is 2.42. The van der Waals surface area contributed by atoms with E-state index in [1.807, 2.05) is 11.3 Å². The molecule has 0 aliphatic carbocycles. The summed E-state index contributed by atoms with van der Waals surface area (Å²) in [5.74, 6) is 0. The van der Waals surface area contributed by atoms with E-state index >= 15 is 0 Å². The number of rotatable bonds is 6. The number of anilines is 3. The second-order valence-corrected chi connectivity index (χ2v) is 15.2. The van der Waals surface area contributed by atoms with Crippen LogP contribution < -0.4 is 4.90 Å². The van der Waals surface area contributed by atoms with Crippen molar-refractivity contribution < 1.29 is 0 Å². The lowest BCUT2D eigenvalue weighted by atomic mass is 9.99. The zero-order valence-corrected chi connectivity index (χ0v) is 30.7. The molecule has 0 amide bonds. The van der Waals surface area contributed by atoms with E-state index in [1.54, 1.807) is 0 Å². The van der Waals surface area contributed by atoms with Gasteiger partial charge in [-0.2, -0.15) is 0 Å². The second-order valence-electron chi connectivity index (χ2n) is 14.1. The fourth-order valence-corrected chi connectivity index (χ4v) is 9.60. The Kier molecular flexibility index (Phi) is 7.39. The van der Waals surface area contributed by atoms with Gasteiger partial charge >= 0.3 is 0 Å². The number of fused-ring (bicyclic) bond motifs is 8. The number of para-hydroxylation sites is 1. The van der Waals surface area contributed by atoms with Crippen LogP contribution in [-0.4, -0.2) is 4.57 Å². The molecular weight excluding hydrogens is 685 g/mol. The van der Waals surface area contributed by atoms with Gasteiger partial charge in [-0.15, -0.1) is 11.3 Å². The van der Waals surface area contributed by atoms with Crippen molar-refractivity contribution in [3.8, 4) is 27.9 Å². The molecule has 55 heavy (non-hydrogen) atoms. The molecule has 2 nitrogen and oxygen atoms in total. The molecule has 0 saturated carbocycles. The molecule has 0 atom stereocenters. The van der Waals surface area contributed by atoms with Crippen LogP contribution in [0.5, 0.6) is 0 Å². The van der Waals surface area contributed by atoms with E-state index in [0.29, 0.717) is 0 Å². The molecule has 2 heterocycles. The van der Waals surface area contributed by atoms with Crippen LogP contribution in [0.4, 0.5) is 17.1 Å². The number of aromatic nitrogens is 1. The normalized spacial score (nSPS) is 11.6. The summed E-state index contributed by atoms with van der Waals surface area (Å²) < 4.78 is 4.99. The largest absolute Gasteiger partial charge is 0.309 e. The summed E-state index contributed by atoms with van der Waals surface area (Å²) in [7, 11) is 0. The molecule has 0 aliphatic heterocycles. The predicted octanol–water partition coefficient (Wildman–Crippen LogP) is 15.1. The highest BCUT2D eigenvalue weighted by Gasteiger charge is 2.19. The van der Waals surface area contributed by atoms with Gasteiger partial charge in [0.2, 0.25) is 0 Å². The van der Waals surface area contributed by atoms with E-state index in [-0.39, 0.29) is 0 Å². The number of hydrogen-bond acceptors (Lipinski definition) is 2. The Hall–Kier alpha value is -6.94. The average Bonchev–Trinajstić information content (AvgIpc) is 3.81. The van der Waals surface area contributed by atoms with Crippen molar-refractivity contribution in [2.45, 2.75) is 0 Å². The van der Waals surface area contributed by atoms with E-state index < -0.39 is 0 Å². The zero-order chi connectivity index (χ0) is 36.3. The number of thiophene rings is 1. The molecule has 0 saturated heterocycles. The molecule has 0 radical (unpaired) electrons. The summed E-state index contributed by atoms with van der Waals surface area (Å²) in [5.41, 5.74) is 11.8. The molecule has 11 aromatic rings. The van der Waals surface area contributed by atoms with Gasteiger partial charge in [-0.1, -0.05) is 140 Å². The van der Waals surface area contributed by atoms with E-state index in [4.69, 9.17) is 0 Å². The van der Waals surface area contributed by atoms with Crippen LogP contribution in [0.15, 0.2) is 206 Å². The average molecular weight is 719 g/mol. The Bertz CT molecular complexity index is 3180. The minimum absolute atomic E-state index is 1.12. The van der Waals surface area contributed by atoms with Gasteiger partial charge in [-0.05, 0) is 99.8 Å². The lowest BCUT2D eigenvalue weighted by Crippen LogP contribution is -2.10. The van der Waals surface area contributed by atoms with Crippen LogP contribution in [0.25, 0.3) is 80.7 Å². The summed E-state index contributed by atoms with van der Waals surface area (Å²) in [6.45, 7) is 0. The van der Waals surface area contributed by atoms with Crippen molar-refractivity contribution in [3.05, 3.63) is 206 Å². The summed E-state index contributed by atoms with van der Waals surface area (Å²) in [6.07, 6.45) is 0. The predicted molar refractivity (Wildman–Crippen MR) is 237 cm³/mol. The highest BCUT2D eigenvalue weighted by molar-refractivity contribution is 7.26. The minimum Gasteiger partial charge on any atom is -0.309 e. The SMILES string of the molecule is c1ccc(-c2ccc(N(c3ccc(-c4ccc5c(c4)c4c6ccccc6ccc4n5-c4ccccc4)cc3)c3cccc4c3sc3ccccc34)cc2)cc1. The first-order chi connectivity index (χ1) is 27.3. The van der Waals surface area contributed by atoms with Gasteiger partial charge in [-0.3, -0.25) is 0 Å². The first-order valence-electron chi connectivity index (χ1n) is 18.8. The maximum Gasteiger partial charge on any atom is 0.0640 e. The highest BCUT2D eigenvalue weighted by Crippen LogP contribution is 2.45. The van der Waals surface area contributed by atoms with Crippen molar-refractivity contribution in [1.29, 1.82) is 0 Å². The standard InChI is InChI=1S/C52H34N2S/c1-3-12-35(13-4-1)36-22-28-41(29-23-36)53(49-20-11-19-45-44-18-9-10-21-50(44)55-52(45)49)42-30-24-37(25-31-42)39-27-32-47-46(34-39)51-43-17-8-7-14-38(43)26-33-48(51)54(47)40-15-5-2-6-16-40/h1-34H. The molecule has 3 heteroatoms. The molecular formula is C52H34N2S. The molecule has 258 valence electrons. The molecule has 9 aromatic carbocycles. The Labute approximate surface area is 323 Å². The molecule has 0 N–H and O–H groups in total. The van der Waals surface area contributed by atoms with Gasteiger partial charge in [0, 0.05) is 43.3 Å². The number of nitrogens with zero attached hydrogens (tertiary/aromatic N) is 2. The fourth-order valence-electron chi connectivity index (χ4n) is 8.40. The van der Waals surface area contributed by atoms with Gasteiger partial charge in [-0.25, -0.2) is 0 Å². The third-order valence-electron chi connectivity index (χ3n) is 11.0. The van der Waals surface area contributed by atoms with Crippen molar-refractivity contribution in [1.82, 2.24) is 4.57 Å². The Morgan fingerprint density at radius 1 is 0.382 bits per heavy atom. The molecule has 0 spiro atoms. The van der Waals surface area contributed by atoms with Crippen LogP contribution in [0.1, 0.15) is 0 Å². The van der Waals surface area contributed by atoms with Gasteiger partial charge < -0.3 is 9.47 Å². The topological polar surface area (TPSA) is 8.17 Å². The van der Waals surface area contributed by atoms with Crippen LogP contribution in [-0.2, 0) is 0 Å². The lowest BCUT2D eigenvalue weighted by Gasteiger charge is -2.26. The number of hydrogen-bond donors (Lipinski definition) is 0. The van der Waals surface area contributed by atoms with E-state index in [2.05, 4.69) is 216 Å². The van der Waals surface area contributed by atoms with Gasteiger partial charge in [0.25, 0.3) is 0 Å². The molecule has 0 unspecified atom stereocenters. The molecule has 0 bridgehead atoms. The van der Waals surface area contributed by atoms with E-state index in [1.165, 1.54) is 86.4 Å². The highest BCUT2D eigenvalue weighted by atomic mass is 32.1. The third-order valence-corrected chi connectivity index (χ3v) is 12.2. The molecule has 2 aromatic heterocycles. The Morgan fingerprint density at radius 2 is 0.964 bits per heavy atom. The maximum atomic E-state index is 2.42. The van der Waals surface area contributed by atoms with Crippen LogP contribution in [0.3, 0.4) is 0 Å². The van der Waals surface area contributed by atoms with Gasteiger partial charge in [0.15, 0.2) is 0 Å². The number of benzene rings is 9. The Morgan fingerprint density at radius 3 is 1.73 bits per heavy atom. The first-order valence-corrected chi connectivity index (χ1v) is 19.6. The first kappa shape index (κ1) is 31.6. The van der Waals surface area contributed by atoms with Crippen molar-refractivity contribution in [2.75, 3.05) is 4.90 Å². The van der Waals surface area contributed by atoms with Crippen molar-refractivity contribution in [2.24, 2.45) is 0 Å². The van der Waals surface area contributed by atoms with Crippen molar-refractivity contribution >= 4 is 81.1 Å². The van der Waals surface area contributed by atoms with E-state index in [0.717, 1.165) is 11.4 Å². The van der Waals surface area contributed by atoms with Crippen molar-refractivity contribution in [3.63, 3.8) is 0 Å². The van der Waals surface area contributed by atoms with E-state index in [9.17, 15) is 0 Å². The fraction of sp³-hybridized carbons (Fsp3) is 0. The third kappa shape index (κ3) is 5.24. The monoisotopic (exact) mass is 718 g/mol. The zero-order valence-electron chi connectivity index (χ0n) is 29.9. The summed E-state index contributed by atoms with van der Waals surface area (Å²) in [4.78, 5) is 2.42. The molecule has 0 fully saturated rings. The van der Waals surface area contributed by atoms with Gasteiger partial charge in [0.05, 0.1) is 21.4 Å². The minimum atomic E-state index is 1.12. The molecule has 0 aliphatic rings. The molecule has 11 rings (SSSR count). The summed E-state index contributed by atoms with van der Waals surface area (Å²) in [6, 6.07) is 75.1. The quantitative estimate of drug-likeness (QED) is 0.166. The second kappa shape index (κ2) is 12.9. The smallest absolute Gasteiger partial charge is 0.0640 e. The van der Waals surface area contributed by atoms with Crippen LogP contribution in [0, 0.1) is 0 Å². The van der Waals surface area contributed by atoms with Crippen LogP contribution in [0.2, 0.25) is 0 Å². The summed E-state index contributed by atoms with van der Waals surface area (Å²) >= 11 is 1.87. The summed E-state index contributed by atoms with van der Waals surface area (Å²) in [5, 5.41) is 7.66. The van der Waals surface area contributed by atoms with Gasteiger partial charge in [0.1, 0.15) is 0 Å². The lowest BCUT2D eigenvalue weighted by molar-refractivity contribution is 1.18. The van der Waals surface area contributed by atoms with Crippen LogP contribution >= 0.6 is 11.3 Å².